The lowest BCUT2D eigenvalue weighted by molar-refractivity contribution is -0.132. The number of carbonyl (C=O) groups is 2. The van der Waals surface area contributed by atoms with Crippen molar-refractivity contribution in [2.75, 3.05) is 4.90 Å². The number of hydrogen-bond donors (Lipinski definition) is 1. The largest absolute Gasteiger partial charge is 0.507 e. The van der Waals surface area contributed by atoms with Crippen LogP contribution in [0.1, 0.15) is 22.7 Å². The zero-order valence-corrected chi connectivity index (χ0v) is 17.6. The number of rotatable bonds is 3. The van der Waals surface area contributed by atoms with Gasteiger partial charge in [-0.1, -0.05) is 64.5 Å². The number of aliphatic hydroxyl groups is 1. The van der Waals surface area contributed by atoms with Gasteiger partial charge in [-0.2, -0.15) is 0 Å². The molecule has 0 aliphatic carbocycles. The summed E-state index contributed by atoms with van der Waals surface area (Å²) in [5.74, 6) is -2.39. The molecule has 3 aromatic rings. The van der Waals surface area contributed by atoms with Crippen molar-refractivity contribution in [1.29, 1.82) is 0 Å². The van der Waals surface area contributed by atoms with Gasteiger partial charge in [-0.15, -0.1) is 0 Å². The second kappa shape index (κ2) is 7.88. The van der Waals surface area contributed by atoms with Gasteiger partial charge in [-0.3, -0.25) is 14.5 Å². The molecule has 1 heterocycles. The molecule has 0 spiro atoms. The molecule has 0 radical (unpaired) electrons. The van der Waals surface area contributed by atoms with E-state index in [1.807, 2.05) is 13.0 Å². The zero-order valence-electron chi connectivity index (χ0n) is 16.0. The molecular formula is C24H17BrFNO3. The standard InChI is InChI=1S/C24H17BrFNO3/c1-14-10-11-18(13-19(14)25)27-21(16-8-5-9-17(26)12-16)20(23(29)24(27)30)22(28)15-6-3-2-4-7-15/h2-13,21,28H,1H3/b22-20+. The highest BCUT2D eigenvalue weighted by Crippen LogP contribution is 2.42. The number of Topliss-reactive ketones (excluding diaryl/α,β-unsaturated/α-hetero) is 1. The molecule has 6 heteroatoms. The first-order valence-corrected chi connectivity index (χ1v) is 10.1. The summed E-state index contributed by atoms with van der Waals surface area (Å²) in [7, 11) is 0. The average molecular weight is 466 g/mol. The minimum absolute atomic E-state index is 0.0755. The van der Waals surface area contributed by atoms with Crippen LogP contribution < -0.4 is 4.90 Å². The molecule has 1 amide bonds. The van der Waals surface area contributed by atoms with Gasteiger partial charge in [0.15, 0.2) is 0 Å². The van der Waals surface area contributed by atoms with Gasteiger partial charge >= 0.3 is 0 Å². The van der Waals surface area contributed by atoms with Crippen molar-refractivity contribution < 1.29 is 19.1 Å². The van der Waals surface area contributed by atoms with E-state index in [-0.39, 0.29) is 11.3 Å². The molecule has 30 heavy (non-hydrogen) atoms. The first kappa shape index (κ1) is 20.0. The first-order chi connectivity index (χ1) is 14.4. The number of carbonyl (C=O) groups excluding carboxylic acids is 2. The Kier molecular flexibility index (Phi) is 5.26. The van der Waals surface area contributed by atoms with E-state index in [2.05, 4.69) is 15.9 Å². The van der Waals surface area contributed by atoms with Gasteiger partial charge in [0.05, 0.1) is 11.6 Å². The minimum Gasteiger partial charge on any atom is -0.507 e. The molecule has 1 saturated heterocycles. The minimum atomic E-state index is -0.962. The van der Waals surface area contributed by atoms with Crippen molar-refractivity contribution in [3.63, 3.8) is 0 Å². The van der Waals surface area contributed by atoms with E-state index in [1.165, 1.54) is 23.1 Å². The van der Waals surface area contributed by atoms with Crippen LogP contribution in [0.5, 0.6) is 0 Å². The molecule has 1 fully saturated rings. The van der Waals surface area contributed by atoms with Crippen molar-refractivity contribution in [2.24, 2.45) is 0 Å². The average Bonchev–Trinajstić information content (AvgIpc) is 3.01. The van der Waals surface area contributed by atoms with E-state index >= 15 is 0 Å². The Labute approximate surface area is 181 Å². The lowest BCUT2D eigenvalue weighted by Gasteiger charge is -2.26. The Morgan fingerprint density at radius 3 is 2.40 bits per heavy atom. The maximum absolute atomic E-state index is 14.0. The quantitative estimate of drug-likeness (QED) is 0.314. The van der Waals surface area contributed by atoms with Gasteiger partial charge in [0.2, 0.25) is 0 Å². The second-order valence-electron chi connectivity index (χ2n) is 7.02. The number of benzene rings is 3. The van der Waals surface area contributed by atoms with Crippen molar-refractivity contribution in [3.8, 4) is 0 Å². The molecular weight excluding hydrogens is 449 g/mol. The first-order valence-electron chi connectivity index (χ1n) is 9.26. The van der Waals surface area contributed by atoms with Crippen LogP contribution in [0, 0.1) is 12.7 Å². The lowest BCUT2D eigenvalue weighted by Crippen LogP contribution is -2.29. The van der Waals surface area contributed by atoms with Crippen LogP contribution in [0.25, 0.3) is 5.76 Å². The van der Waals surface area contributed by atoms with Gasteiger partial charge in [0.25, 0.3) is 11.7 Å². The van der Waals surface area contributed by atoms with Gasteiger partial charge in [0, 0.05) is 15.7 Å². The molecule has 0 bridgehead atoms. The number of nitrogens with zero attached hydrogens (tertiary/aromatic N) is 1. The number of aliphatic hydroxyl groups excluding tert-OH is 1. The Morgan fingerprint density at radius 1 is 1.00 bits per heavy atom. The number of halogens is 2. The normalized spacial score (nSPS) is 18.1. The van der Waals surface area contributed by atoms with Crippen LogP contribution in [0.4, 0.5) is 10.1 Å². The number of anilines is 1. The maximum atomic E-state index is 14.0. The third kappa shape index (κ3) is 3.44. The molecule has 0 saturated carbocycles. The van der Waals surface area contributed by atoms with Crippen LogP contribution >= 0.6 is 15.9 Å². The predicted molar refractivity (Wildman–Crippen MR) is 117 cm³/mol. The van der Waals surface area contributed by atoms with Gasteiger partial charge < -0.3 is 5.11 Å². The van der Waals surface area contributed by atoms with E-state index in [1.54, 1.807) is 48.5 Å². The molecule has 4 rings (SSSR count). The Morgan fingerprint density at radius 2 is 1.73 bits per heavy atom. The maximum Gasteiger partial charge on any atom is 0.300 e. The number of amides is 1. The number of aryl methyl sites for hydroxylation is 1. The molecule has 150 valence electrons. The van der Waals surface area contributed by atoms with Crippen molar-refractivity contribution in [1.82, 2.24) is 0 Å². The molecule has 4 nitrogen and oxygen atoms in total. The third-order valence-electron chi connectivity index (χ3n) is 5.09. The van der Waals surface area contributed by atoms with E-state index in [4.69, 9.17) is 0 Å². The summed E-state index contributed by atoms with van der Waals surface area (Å²) >= 11 is 3.45. The lowest BCUT2D eigenvalue weighted by atomic mass is 9.95. The molecule has 1 aliphatic rings. The molecule has 1 N–H and O–H groups in total. The van der Waals surface area contributed by atoms with Crippen LogP contribution in [0.15, 0.2) is 82.8 Å². The fourth-order valence-electron chi connectivity index (χ4n) is 3.57. The topological polar surface area (TPSA) is 57.6 Å². The highest BCUT2D eigenvalue weighted by atomic mass is 79.9. The number of ketones is 1. The summed E-state index contributed by atoms with van der Waals surface area (Å²) in [6, 6.07) is 18.5. The summed E-state index contributed by atoms with van der Waals surface area (Å²) in [4.78, 5) is 27.4. The Bertz CT molecular complexity index is 1190. The van der Waals surface area contributed by atoms with Crippen molar-refractivity contribution >= 4 is 39.1 Å². The molecule has 1 atom stereocenters. The second-order valence-corrected chi connectivity index (χ2v) is 7.88. The third-order valence-corrected chi connectivity index (χ3v) is 5.94. The fourth-order valence-corrected chi connectivity index (χ4v) is 3.94. The summed E-state index contributed by atoms with van der Waals surface area (Å²) < 4.78 is 14.8. The molecule has 3 aromatic carbocycles. The monoisotopic (exact) mass is 465 g/mol. The van der Waals surface area contributed by atoms with E-state index < -0.39 is 23.5 Å². The van der Waals surface area contributed by atoms with E-state index in [0.29, 0.717) is 16.8 Å². The Hall–Kier alpha value is -3.25. The summed E-state index contributed by atoms with van der Waals surface area (Å²) in [5.41, 5.74) is 2.15. The predicted octanol–water partition coefficient (Wildman–Crippen LogP) is 5.52. The molecule has 1 unspecified atom stereocenters. The van der Waals surface area contributed by atoms with Crippen molar-refractivity contribution in [3.05, 3.63) is 105 Å². The van der Waals surface area contributed by atoms with Crippen LogP contribution in [0.2, 0.25) is 0 Å². The highest BCUT2D eigenvalue weighted by Gasteiger charge is 2.47. The van der Waals surface area contributed by atoms with Gasteiger partial charge in [0.1, 0.15) is 11.6 Å². The summed E-state index contributed by atoms with van der Waals surface area (Å²) in [6.45, 7) is 1.90. The molecule has 0 aromatic heterocycles. The van der Waals surface area contributed by atoms with Crippen LogP contribution in [-0.2, 0) is 9.59 Å². The van der Waals surface area contributed by atoms with Crippen LogP contribution in [-0.4, -0.2) is 16.8 Å². The van der Waals surface area contributed by atoms with Gasteiger partial charge in [-0.25, -0.2) is 4.39 Å². The fraction of sp³-hybridized carbons (Fsp3) is 0.0833. The molecule has 1 aliphatic heterocycles. The van der Waals surface area contributed by atoms with E-state index in [9.17, 15) is 19.1 Å². The smallest absolute Gasteiger partial charge is 0.300 e. The Balaban J connectivity index is 1.97. The summed E-state index contributed by atoms with van der Waals surface area (Å²) in [6.07, 6.45) is 0. The SMILES string of the molecule is Cc1ccc(N2C(=O)C(=O)/C(=C(/O)c3ccccc3)C2c2cccc(F)c2)cc1Br. The highest BCUT2D eigenvalue weighted by molar-refractivity contribution is 9.10. The number of hydrogen-bond acceptors (Lipinski definition) is 3. The van der Waals surface area contributed by atoms with Crippen LogP contribution in [0.3, 0.4) is 0 Å². The summed E-state index contributed by atoms with van der Waals surface area (Å²) in [5, 5.41) is 10.9. The van der Waals surface area contributed by atoms with E-state index in [0.717, 1.165) is 10.0 Å². The van der Waals surface area contributed by atoms with Gasteiger partial charge in [-0.05, 0) is 42.3 Å². The van der Waals surface area contributed by atoms with Crippen molar-refractivity contribution in [2.45, 2.75) is 13.0 Å². The zero-order chi connectivity index (χ0) is 21.4.